The number of carbonyl (C=O) groups is 2. The summed E-state index contributed by atoms with van der Waals surface area (Å²) in [6.45, 7) is 15.3. The molecule has 6 rings (SSSR count). The Morgan fingerprint density at radius 2 is 1.84 bits per heavy atom. The molecule has 3 unspecified atom stereocenters. The van der Waals surface area contributed by atoms with Crippen molar-refractivity contribution in [2.75, 3.05) is 20.2 Å². The largest absolute Gasteiger partial charge is 0.478 e. The Bertz CT molecular complexity index is 1380. The Hall–Kier alpha value is -2.41. The third kappa shape index (κ3) is 4.88. The lowest BCUT2D eigenvalue weighted by atomic mass is 9.45. The number of carbonyl (C=O) groups excluding carboxylic acids is 1. The smallest absolute Gasteiger partial charge is 0.331 e. The molecule has 1 spiro atoms. The number of ketones is 1. The molecule has 45 heavy (non-hydrogen) atoms. The quantitative estimate of drug-likeness (QED) is 0.241. The zero-order valence-electron chi connectivity index (χ0n) is 28.9. The Morgan fingerprint density at radius 1 is 1.11 bits per heavy atom. The van der Waals surface area contributed by atoms with Crippen molar-refractivity contribution in [3.05, 3.63) is 34.9 Å². The molecule has 0 aromatic carbocycles. The second-order valence-corrected chi connectivity index (χ2v) is 16.4. The van der Waals surface area contributed by atoms with Gasteiger partial charge in [-0.05, 0) is 137 Å². The monoisotopic (exact) mass is 620 g/mol. The number of nitrogens with zero attached hydrogens (tertiary/aromatic N) is 2. The molecular weight excluding hydrogens is 564 g/mol. The highest BCUT2D eigenvalue weighted by Gasteiger charge is 2.89. The standard InChI is InChI=1S/C38H56N2O5/c1-21(2)45-33-19-39-32(20-40(33)8)25(14-16-41)34(42)37(7)29-13-15-36(6)27(23(4)10-9-22(3)24(5)35(43)44)11-12-28(36)26(29)17-30-31-18-38(30,31)37/h14,19,21,23,26-31,41H,9-13,15-18,20H2,1-8H3,(H,43,44)/b24-22-,25-14-/t23-,26+,27-,28+,29+,30?,31?,36-,37+,38?/m1/s1. The lowest BCUT2D eigenvalue weighted by Gasteiger charge is -2.58. The highest BCUT2D eigenvalue weighted by Crippen LogP contribution is 2.93. The van der Waals surface area contributed by atoms with Gasteiger partial charge in [-0.2, -0.15) is 0 Å². The summed E-state index contributed by atoms with van der Waals surface area (Å²) >= 11 is 0. The van der Waals surface area contributed by atoms with Gasteiger partial charge in [0.1, 0.15) is 0 Å². The van der Waals surface area contributed by atoms with Crippen LogP contribution in [0, 0.1) is 57.7 Å². The molecule has 7 heteroatoms. The van der Waals surface area contributed by atoms with E-state index in [-0.39, 0.29) is 29.3 Å². The second kappa shape index (κ2) is 11.4. The fraction of sp³-hybridized carbons (Fsp3) is 0.763. The minimum Gasteiger partial charge on any atom is -0.478 e. The molecule has 5 aliphatic carbocycles. The van der Waals surface area contributed by atoms with Gasteiger partial charge in [-0.3, -0.25) is 9.79 Å². The van der Waals surface area contributed by atoms with Crippen LogP contribution < -0.4 is 0 Å². The zero-order valence-corrected chi connectivity index (χ0v) is 28.9. The van der Waals surface area contributed by atoms with Crippen LogP contribution in [0.1, 0.15) is 99.8 Å². The number of hydrogen-bond donors (Lipinski definition) is 2. The predicted molar refractivity (Wildman–Crippen MR) is 176 cm³/mol. The van der Waals surface area contributed by atoms with Crippen LogP contribution >= 0.6 is 0 Å². The molecule has 10 atom stereocenters. The molecule has 7 nitrogen and oxygen atoms in total. The summed E-state index contributed by atoms with van der Waals surface area (Å²) in [6, 6.07) is 0. The number of fused-ring (bicyclic) bond motifs is 4. The summed E-state index contributed by atoms with van der Waals surface area (Å²) in [5, 5.41) is 19.6. The van der Waals surface area contributed by atoms with Crippen molar-refractivity contribution in [3.63, 3.8) is 0 Å². The van der Waals surface area contributed by atoms with Gasteiger partial charge in [0.15, 0.2) is 5.78 Å². The normalized spacial score (nSPS) is 41.1. The van der Waals surface area contributed by atoms with Crippen LogP contribution in [0.3, 0.4) is 0 Å². The van der Waals surface area contributed by atoms with E-state index >= 15 is 4.79 Å². The van der Waals surface area contributed by atoms with Crippen LogP contribution in [-0.4, -0.2) is 58.9 Å². The molecule has 0 aromatic heterocycles. The SMILES string of the molecule is C/C(CC[C@@H](C)[C@H]1CC[C@H]2[C@@H]3CC4C5CC45[C@](C)(C(=O)/C(=C\CO)C4=NC=C(OC(C)C)N(C)C4)[C@H]3CC[C@]12C)=C(\C)C(=O)O. The molecule has 0 bridgehead atoms. The Morgan fingerprint density at radius 3 is 2.47 bits per heavy atom. The van der Waals surface area contributed by atoms with E-state index in [9.17, 15) is 15.0 Å². The number of Topliss-reactive ketones (excluding diaryl/α,β-unsaturated/α-hetero) is 1. The van der Waals surface area contributed by atoms with E-state index in [0.29, 0.717) is 65.0 Å². The average molecular weight is 621 g/mol. The number of ether oxygens (including phenoxy) is 1. The van der Waals surface area contributed by atoms with Gasteiger partial charge < -0.3 is 19.8 Å². The van der Waals surface area contributed by atoms with Gasteiger partial charge in [0.25, 0.3) is 0 Å². The molecule has 1 heterocycles. The fourth-order valence-electron chi connectivity index (χ4n) is 11.5. The summed E-state index contributed by atoms with van der Waals surface area (Å²) < 4.78 is 5.93. The first-order valence-corrected chi connectivity index (χ1v) is 17.6. The third-order valence-electron chi connectivity index (χ3n) is 14.2. The number of hydrogen-bond acceptors (Lipinski definition) is 6. The number of aliphatic imine (C=N–C) groups is 1. The van der Waals surface area contributed by atoms with Crippen LogP contribution in [0.2, 0.25) is 0 Å². The van der Waals surface area contributed by atoms with Gasteiger partial charge in [-0.1, -0.05) is 26.3 Å². The van der Waals surface area contributed by atoms with Crippen molar-refractivity contribution in [3.8, 4) is 0 Å². The maximum absolute atomic E-state index is 15.0. The molecule has 5 fully saturated rings. The summed E-state index contributed by atoms with van der Waals surface area (Å²) in [5.41, 5.74) is 2.83. The van der Waals surface area contributed by atoms with Crippen molar-refractivity contribution in [1.29, 1.82) is 0 Å². The third-order valence-corrected chi connectivity index (χ3v) is 14.2. The number of aliphatic carboxylic acids is 1. The maximum atomic E-state index is 15.0. The molecular formula is C38H56N2O5. The van der Waals surface area contributed by atoms with Crippen LogP contribution in [0.15, 0.2) is 39.9 Å². The first-order valence-electron chi connectivity index (χ1n) is 17.6. The predicted octanol–water partition coefficient (Wildman–Crippen LogP) is 7.03. The van der Waals surface area contributed by atoms with Crippen LogP contribution in [0.25, 0.3) is 0 Å². The van der Waals surface area contributed by atoms with E-state index in [1.165, 1.54) is 25.7 Å². The minimum absolute atomic E-state index is 0.0394. The summed E-state index contributed by atoms with van der Waals surface area (Å²) in [4.78, 5) is 33.3. The molecule has 5 saturated carbocycles. The van der Waals surface area contributed by atoms with E-state index in [1.807, 2.05) is 32.7 Å². The number of carboxylic acid groups (broad SMARTS) is 1. The molecule has 0 saturated heterocycles. The van der Waals surface area contributed by atoms with Crippen LogP contribution in [0.4, 0.5) is 0 Å². The van der Waals surface area contributed by atoms with Gasteiger partial charge in [0.2, 0.25) is 5.88 Å². The van der Waals surface area contributed by atoms with E-state index in [2.05, 4.69) is 20.8 Å². The topological polar surface area (TPSA) is 99.4 Å². The van der Waals surface area contributed by atoms with Gasteiger partial charge >= 0.3 is 5.97 Å². The number of aliphatic hydroxyl groups excluding tert-OH is 1. The fourth-order valence-corrected chi connectivity index (χ4v) is 11.5. The van der Waals surface area contributed by atoms with E-state index in [1.54, 1.807) is 19.2 Å². The van der Waals surface area contributed by atoms with Crippen molar-refractivity contribution in [1.82, 2.24) is 4.90 Å². The molecule has 0 aromatic rings. The van der Waals surface area contributed by atoms with E-state index in [4.69, 9.17) is 9.73 Å². The molecule has 0 radical (unpaired) electrons. The number of carboxylic acids is 1. The van der Waals surface area contributed by atoms with Gasteiger partial charge in [0, 0.05) is 23.6 Å². The number of aliphatic hydroxyl groups is 1. The number of allylic oxidation sites excluding steroid dienone is 1. The van der Waals surface area contributed by atoms with Crippen molar-refractivity contribution in [2.24, 2.45) is 62.7 Å². The van der Waals surface area contributed by atoms with Crippen molar-refractivity contribution < 1.29 is 24.5 Å². The maximum Gasteiger partial charge on any atom is 0.331 e. The molecule has 1 aliphatic heterocycles. The Labute approximate surface area is 270 Å². The minimum atomic E-state index is -0.807. The molecule has 2 N–H and O–H groups in total. The summed E-state index contributed by atoms with van der Waals surface area (Å²) in [5.74, 6) is 4.20. The highest BCUT2D eigenvalue weighted by molar-refractivity contribution is 6.25. The number of rotatable bonds is 11. The zero-order chi connectivity index (χ0) is 32.6. The van der Waals surface area contributed by atoms with Gasteiger partial charge in [-0.25, -0.2) is 4.79 Å². The van der Waals surface area contributed by atoms with Gasteiger partial charge in [-0.15, -0.1) is 0 Å². The molecule has 248 valence electrons. The average Bonchev–Trinajstić information content (AvgIpc) is 3.85. The summed E-state index contributed by atoms with van der Waals surface area (Å²) in [6.07, 6.45) is 12.6. The lowest BCUT2D eigenvalue weighted by Crippen LogP contribution is -2.56. The Balaban J connectivity index is 1.25. The first-order chi connectivity index (χ1) is 21.2. The van der Waals surface area contributed by atoms with Crippen molar-refractivity contribution >= 4 is 17.5 Å². The Kier molecular flexibility index (Phi) is 8.23. The summed E-state index contributed by atoms with van der Waals surface area (Å²) in [7, 11) is 1.97. The van der Waals surface area contributed by atoms with Crippen LogP contribution in [-0.2, 0) is 14.3 Å². The first kappa shape index (κ1) is 32.5. The highest BCUT2D eigenvalue weighted by atomic mass is 16.5. The van der Waals surface area contributed by atoms with Crippen molar-refractivity contribution in [2.45, 2.75) is 106 Å². The molecule has 6 aliphatic rings. The van der Waals surface area contributed by atoms with E-state index in [0.717, 1.165) is 37.0 Å². The molecule has 0 amide bonds. The lowest BCUT2D eigenvalue weighted by molar-refractivity contribution is -0.146. The second-order valence-electron chi connectivity index (χ2n) is 16.4. The van der Waals surface area contributed by atoms with Crippen LogP contribution in [0.5, 0.6) is 0 Å². The van der Waals surface area contributed by atoms with E-state index < -0.39 is 11.4 Å². The van der Waals surface area contributed by atoms with Gasteiger partial charge in [0.05, 0.1) is 31.2 Å².